The first-order chi connectivity index (χ1) is 13.7. The van der Waals surface area contributed by atoms with Crippen molar-refractivity contribution in [1.82, 2.24) is 5.32 Å². The first kappa shape index (κ1) is 22.5. The number of hydrogen-bond acceptors (Lipinski definition) is 5. The summed E-state index contributed by atoms with van der Waals surface area (Å²) in [5.41, 5.74) is 1.50. The summed E-state index contributed by atoms with van der Waals surface area (Å²) in [6.45, 7) is 6.03. The molecule has 2 rings (SSSR count). The van der Waals surface area contributed by atoms with E-state index in [1.807, 2.05) is 38.1 Å². The Labute approximate surface area is 172 Å². The minimum absolute atomic E-state index is 0.271. The van der Waals surface area contributed by atoms with Crippen LogP contribution in [0.1, 0.15) is 19.4 Å². The van der Waals surface area contributed by atoms with Gasteiger partial charge in [-0.1, -0.05) is 23.8 Å². The van der Waals surface area contributed by atoms with Gasteiger partial charge in [0, 0.05) is 6.07 Å². The van der Waals surface area contributed by atoms with Crippen molar-refractivity contribution >= 4 is 21.6 Å². The Morgan fingerprint density at radius 1 is 1.10 bits per heavy atom. The number of nitrogens with zero attached hydrogens (tertiary/aromatic N) is 1. The highest BCUT2D eigenvalue weighted by Gasteiger charge is 2.22. The lowest BCUT2D eigenvalue weighted by atomic mass is 10.2. The molecule has 0 fully saturated rings. The van der Waals surface area contributed by atoms with Crippen LogP contribution in [0.25, 0.3) is 0 Å². The average molecular weight is 421 g/mol. The Bertz CT molecular complexity index is 913. The lowest BCUT2D eigenvalue weighted by Crippen LogP contribution is -2.44. The van der Waals surface area contributed by atoms with Crippen LogP contribution in [-0.2, 0) is 14.8 Å². The zero-order valence-corrected chi connectivity index (χ0v) is 18.0. The summed E-state index contributed by atoms with van der Waals surface area (Å²) in [6.07, 6.45) is 1.07. The third kappa shape index (κ3) is 7.30. The second-order valence-electron chi connectivity index (χ2n) is 6.79. The molecule has 0 aromatic heterocycles. The largest absolute Gasteiger partial charge is 0.494 e. The summed E-state index contributed by atoms with van der Waals surface area (Å²) in [5.74, 6) is 0.832. The fourth-order valence-corrected chi connectivity index (χ4v) is 3.49. The van der Waals surface area contributed by atoms with Gasteiger partial charge in [-0.25, -0.2) is 8.42 Å². The van der Waals surface area contributed by atoms with Crippen molar-refractivity contribution in [1.29, 1.82) is 0 Å². The van der Waals surface area contributed by atoms with E-state index in [-0.39, 0.29) is 19.2 Å². The minimum atomic E-state index is -3.65. The maximum atomic E-state index is 12.4. The van der Waals surface area contributed by atoms with E-state index >= 15 is 0 Å². The quantitative estimate of drug-likeness (QED) is 0.639. The first-order valence-corrected chi connectivity index (χ1v) is 11.2. The van der Waals surface area contributed by atoms with Crippen LogP contribution in [0.2, 0.25) is 0 Å². The number of rotatable bonds is 10. The third-order valence-electron chi connectivity index (χ3n) is 4.03. The number of carbonyl (C=O) groups is 1. The minimum Gasteiger partial charge on any atom is -0.494 e. The molecule has 2 aromatic rings. The average Bonchev–Trinajstić information content (AvgIpc) is 2.65. The molecule has 0 aliphatic heterocycles. The summed E-state index contributed by atoms with van der Waals surface area (Å²) >= 11 is 0. The second kappa shape index (κ2) is 10.2. The van der Waals surface area contributed by atoms with Gasteiger partial charge in [-0.05, 0) is 45.0 Å². The van der Waals surface area contributed by atoms with Gasteiger partial charge in [0.25, 0.3) is 0 Å². The lowest BCUT2D eigenvalue weighted by molar-refractivity contribution is -0.120. The third-order valence-corrected chi connectivity index (χ3v) is 5.17. The number of anilines is 1. The van der Waals surface area contributed by atoms with E-state index in [1.54, 1.807) is 31.2 Å². The standard InChI is InChI=1S/C21H28N2O5S/c1-5-27-20-8-6-7-18(13-20)23(29(4,25)26)14-21(24)22-17(3)15-28-19-11-9-16(2)10-12-19/h6-13,17H,5,14-15H2,1-4H3,(H,22,24). The van der Waals surface area contributed by atoms with E-state index < -0.39 is 15.9 Å². The molecule has 1 N–H and O–H groups in total. The summed E-state index contributed by atoms with van der Waals surface area (Å²) in [4.78, 5) is 12.4. The lowest BCUT2D eigenvalue weighted by Gasteiger charge is -2.23. The van der Waals surface area contributed by atoms with Crippen LogP contribution >= 0.6 is 0 Å². The zero-order valence-electron chi connectivity index (χ0n) is 17.2. The van der Waals surface area contributed by atoms with Crippen molar-refractivity contribution < 1.29 is 22.7 Å². The van der Waals surface area contributed by atoms with Gasteiger partial charge in [0.05, 0.1) is 24.6 Å². The van der Waals surface area contributed by atoms with Crippen LogP contribution in [0.3, 0.4) is 0 Å². The molecule has 0 heterocycles. The number of ether oxygens (including phenoxy) is 2. The van der Waals surface area contributed by atoms with E-state index in [2.05, 4.69) is 5.32 Å². The van der Waals surface area contributed by atoms with Crippen molar-refractivity contribution in [2.75, 3.05) is 30.3 Å². The fourth-order valence-electron chi connectivity index (χ4n) is 2.64. The summed E-state index contributed by atoms with van der Waals surface area (Å²) in [5, 5.41) is 2.77. The summed E-state index contributed by atoms with van der Waals surface area (Å²) in [6, 6.07) is 14.0. The number of carbonyl (C=O) groups excluding carboxylic acids is 1. The monoisotopic (exact) mass is 420 g/mol. The molecule has 7 nitrogen and oxygen atoms in total. The number of amides is 1. The molecule has 2 aromatic carbocycles. The zero-order chi connectivity index (χ0) is 21.4. The number of benzene rings is 2. The van der Waals surface area contributed by atoms with Gasteiger partial charge >= 0.3 is 0 Å². The topological polar surface area (TPSA) is 84.9 Å². The number of nitrogens with one attached hydrogen (secondary N) is 1. The van der Waals surface area contributed by atoms with Gasteiger partial charge in [-0.15, -0.1) is 0 Å². The Kier molecular flexibility index (Phi) is 7.90. The molecule has 1 amide bonds. The molecular formula is C21H28N2O5S. The number of sulfonamides is 1. The molecule has 0 spiro atoms. The first-order valence-electron chi connectivity index (χ1n) is 9.38. The Balaban J connectivity index is 1.99. The number of hydrogen-bond donors (Lipinski definition) is 1. The highest BCUT2D eigenvalue weighted by molar-refractivity contribution is 7.92. The van der Waals surface area contributed by atoms with Crippen LogP contribution in [0.5, 0.6) is 11.5 Å². The summed E-state index contributed by atoms with van der Waals surface area (Å²) < 4.78 is 36.6. The maximum absolute atomic E-state index is 12.4. The molecular weight excluding hydrogens is 392 g/mol. The van der Waals surface area contributed by atoms with Gasteiger partial charge < -0.3 is 14.8 Å². The SMILES string of the molecule is CCOc1cccc(N(CC(=O)NC(C)COc2ccc(C)cc2)S(C)(=O)=O)c1. The Morgan fingerprint density at radius 3 is 2.41 bits per heavy atom. The van der Waals surface area contributed by atoms with Crippen molar-refractivity contribution in [2.45, 2.75) is 26.8 Å². The predicted molar refractivity (Wildman–Crippen MR) is 114 cm³/mol. The Morgan fingerprint density at radius 2 is 1.79 bits per heavy atom. The molecule has 0 aliphatic rings. The van der Waals surface area contributed by atoms with Crippen molar-refractivity contribution in [3.05, 3.63) is 54.1 Å². The van der Waals surface area contributed by atoms with Gasteiger partial charge in [-0.2, -0.15) is 0 Å². The van der Waals surface area contributed by atoms with Gasteiger partial charge in [0.1, 0.15) is 24.7 Å². The molecule has 1 unspecified atom stereocenters. The van der Waals surface area contributed by atoms with Crippen molar-refractivity contribution in [2.24, 2.45) is 0 Å². The van der Waals surface area contributed by atoms with Crippen molar-refractivity contribution in [3.8, 4) is 11.5 Å². The fraction of sp³-hybridized carbons (Fsp3) is 0.381. The van der Waals surface area contributed by atoms with Crippen LogP contribution in [-0.4, -0.2) is 46.4 Å². The van der Waals surface area contributed by atoms with Gasteiger partial charge in [-0.3, -0.25) is 9.10 Å². The van der Waals surface area contributed by atoms with E-state index in [9.17, 15) is 13.2 Å². The molecule has 29 heavy (non-hydrogen) atoms. The molecule has 1 atom stereocenters. The smallest absolute Gasteiger partial charge is 0.241 e. The van der Waals surface area contributed by atoms with Crippen molar-refractivity contribution in [3.63, 3.8) is 0 Å². The molecule has 0 saturated carbocycles. The highest BCUT2D eigenvalue weighted by atomic mass is 32.2. The normalized spacial score (nSPS) is 12.1. The van der Waals surface area contributed by atoms with Gasteiger partial charge in [0.15, 0.2) is 0 Å². The van der Waals surface area contributed by atoms with E-state index in [1.165, 1.54) is 0 Å². The molecule has 158 valence electrons. The van der Waals surface area contributed by atoms with Gasteiger partial charge in [0.2, 0.25) is 15.9 Å². The molecule has 8 heteroatoms. The Hall–Kier alpha value is -2.74. The van der Waals surface area contributed by atoms with Crippen LogP contribution < -0.4 is 19.1 Å². The maximum Gasteiger partial charge on any atom is 0.241 e. The summed E-state index contributed by atoms with van der Waals surface area (Å²) in [7, 11) is -3.65. The second-order valence-corrected chi connectivity index (χ2v) is 8.70. The highest BCUT2D eigenvalue weighted by Crippen LogP contribution is 2.23. The van der Waals surface area contributed by atoms with Crippen LogP contribution in [0, 0.1) is 6.92 Å². The molecule has 0 radical (unpaired) electrons. The molecule has 0 aliphatic carbocycles. The predicted octanol–water partition coefficient (Wildman–Crippen LogP) is 2.74. The van der Waals surface area contributed by atoms with Crippen LogP contribution in [0.15, 0.2) is 48.5 Å². The van der Waals surface area contributed by atoms with E-state index in [0.29, 0.717) is 23.8 Å². The van der Waals surface area contributed by atoms with E-state index in [4.69, 9.17) is 9.47 Å². The molecule has 0 bridgehead atoms. The molecule has 0 saturated heterocycles. The van der Waals surface area contributed by atoms with E-state index in [0.717, 1.165) is 16.1 Å². The number of aryl methyl sites for hydroxylation is 1. The van der Waals surface area contributed by atoms with Crippen LogP contribution in [0.4, 0.5) is 5.69 Å².